The number of hydrogen-bond donors (Lipinski definition) is 1. The highest BCUT2D eigenvalue weighted by molar-refractivity contribution is 5.31. The fourth-order valence-electron chi connectivity index (χ4n) is 3.14. The third-order valence-electron chi connectivity index (χ3n) is 4.43. The minimum Gasteiger partial charge on any atom is -0.324 e. The second-order valence-corrected chi connectivity index (χ2v) is 5.93. The van der Waals surface area contributed by atoms with Crippen LogP contribution < -0.4 is 5.73 Å². The van der Waals surface area contributed by atoms with Crippen LogP contribution in [0.3, 0.4) is 0 Å². The van der Waals surface area contributed by atoms with Gasteiger partial charge in [0.2, 0.25) is 0 Å². The Kier molecular flexibility index (Phi) is 3.88. The maximum atomic E-state index is 6.45. The van der Waals surface area contributed by atoms with E-state index >= 15 is 0 Å². The lowest BCUT2D eigenvalue weighted by atomic mass is 9.98. The van der Waals surface area contributed by atoms with Gasteiger partial charge in [0.1, 0.15) is 0 Å². The van der Waals surface area contributed by atoms with Crippen molar-refractivity contribution in [1.82, 2.24) is 0 Å². The molecule has 0 spiro atoms. The molecule has 3 unspecified atom stereocenters. The summed E-state index contributed by atoms with van der Waals surface area (Å²) in [5, 5.41) is 0. The first-order valence-corrected chi connectivity index (χ1v) is 7.69. The van der Waals surface area contributed by atoms with Gasteiger partial charge < -0.3 is 5.73 Å². The maximum absolute atomic E-state index is 6.45. The maximum Gasteiger partial charge on any atom is 0.0329 e. The molecular formula is C19H23N. The van der Waals surface area contributed by atoms with Gasteiger partial charge in [0, 0.05) is 6.04 Å². The van der Waals surface area contributed by atoms with Crippen LogP contribution in [-0.4, -0.2) is 0 Å². The second-order valence-electron chi connectivity index (χ2n) is 5.93. The van der Waals surface area contributed by atoms with Crippen molar-refractivity contribution in [1.29, 1.82) is 0 Å². The molecule has 1 heteroatoms. The molecular weight excluding hydrogens is 242 g/mol. The number of hydrogen-bond acceptors (Lipinski definition) is 1. The molecule has 3 rings (SSSR count). The molecule has 0 bridgehead atoms. The molecule has 3 atom stereocenters. The molecule has 0 saturated heterocycles. The zero-order chi connectivity index (χ0) is 13.9. The van der Waals surface area contributed by atoms with E-state index in [9.17, 15) is 0 Å². The number of rotatable bonds is 5. The molecule has 0 aromatic heterocycles. The summed E-state index contributed by atoms with van der Waals surface area (Å²) < 4.78 is 0. The van der Waals surface area contributed by atoms with E-state index in [1.165, 1.54) is 29.5 Å². The van der Waals surface area contributed by atoms with E-state index in [0.717, 1.165) is 6.42 Å². The van der Waals surface area contributed by atoms with Crippen molar-refractivity contribution in [3.8, 4) is 0 Å². The number of benzene rings is 2. The Morgan fingerprint density at radius 2 is 1.75 bits per heavy atom. The summed E-state index contributed by atoms with van der Waals surface area (Å²) in [6, 6.07) is 19.8. The van der Waals surface area contributed by atoms with Crippen molar-refractivity contribution in [3.05, 3.63) is 71.3 Å². The molecule has 2 N–H and O–H groups in total. The van der Waals surface area contributed by atoms with Gasteiger partial charge in [-0.3, -0.25) is 0 Å². The fraction of sp³-hybridized carbons (Fsp3) is 0.368. The zero-order valence-electron chi connectivity index (χ0n) is 12.1. The minimum absolute atomic E-state index is 0.177. The summed E-state index contributed by atoms with van der Waals surface area (Å²) in [5.41, 5.74) is 10.6. The molecule has 2 aromatic carbocycles. The first-order chi connectivity index (χ1) is 9.79. The van der Waals surface area contributed by atoms with Crippen LogP contribution in [0, 0.1) is 5.92 Å². The Morgan fingerprint density at radius 1 is 1.05 bits per heavy atom. The molecule has 1 nitrogen and oxygen atoms in total. The van der Waals surface area contributed by atoms with E-state index < -0.39 is 0 Å². The van der Waals surface area contributed by atoms with Gasteiger partial charge in [-0.2, -0.15) is 0 Å². The minimum atomic E-state index is 0.177. The van der Waals surface area contributed by atoms with Crippen LogP contribution in [0.2, 0.25) is 0 Å². The Labute approximate surface area is 121 Å². The van der Waals surface area contributed by atoms with Crippen LogP contribution in [0.1, 0.15) is 48.4 Å². The van der Waals surface area contributed by atoms with Gasteiger partial charge in [0.25, 0.3) is 0 Å². The average molecular weight is 265 g/mol. The quantitative estimate of drug-likeness (QED) is 0.849. The lowest BCUT2D eigenvalue weighted by molar-refractivity contribution is 0.615. The predicted molar refractivity (Wildman–Crippen MR) is 84.7 cm³/mol. The smallest absolute Gasteiger partial charge is 0.0329 e. The van der Waals surface area contributed by atoms with E-state index in [1.807, 2.05) is 0 Å². The highest BCUT2D eigenvalue weighted by atomic mass is 14.7. The predicted octanol–water partition coefficient (Wildman–Crippen LogP) is 4.44. The molecule has 0 radical (unpaired) electrons. The summed E-state index contributed by atoms with van der Waals surface area (Å²) in [4.78, 5) is 0. The molecule has 1 aliphatic carbocycles. The largest absolute Gasteiger partial charge is 0.324 e. The van der Waals surface area contributed by atoms with Crippen LogP contribution in [-0.2, 0) is 6.42 Å². The molecule has 0 heterocycles. The number of nitrogens with two attached hydrogens (primary N) is 1. The molecule has 1 fully saturated rings. The van der Waals surface area contributed by atoms with Gasteiger partial charge in [-0.1, -0.05) is 67.9 Å². The Hall–Kier alpha value is -1.60. The summed E-state index contributed by atoms with van der Waals surface area (Å²) >= 11 is 0. The Bertz CT molecular complexity index is 544. The highest BCUT2D eigenvalue weighted by Crippen LogP contribution is 2.53. The van der Waals surface area contributed by atoms with Gasteiger partial charge in [-0.25, -0.2) is 0 Å². The van der Waals surface area contributed by atoms with E-state index in [-0.39, 0.29) is 6.04 Å². The van der Waals surface area contributed by atoms with Crippen LogP contribution in [0.25, 0.3) is 0 Å². The summed E-state index contributed by atoms with van der Waals surface area (Å²) in [5.74, 6) is 1.26. The third-order valence-corrected chi connectivity index (χ3v) is 4.43. The normalized spacial score (nSPS) is 22.5. The average Bonchev–Trinajstić information content (AvgIpc) is 3.29. The molecule has 104 valence electrons. The second kappa shape index (κ2) is 5.80. The van der Waals surface area contributed by atoms with Gasteiger partial charge in [-0.05, 0) is 41.4 Å². The third kappa shape index (κ3) is 2.78. The van der Waals surface area contributed by atoms with Crippen molar-refractivity contribution in [2.24, 2.45) is 11.7 Å². The van der Waals surface area contributed by atoms with Gasteiger partial charge in [0.15, 0.2) is 0 Å². The first kappa shape index (κ1) is 13.4. The zero-order valence-corrected chi connectivity index (χ0v) is 12.1. The van der Waals surface area contributed by atoms with Gasteiger partial charge in [0.05, 0.1) is 0 Å². The van der Waals surface area contributed by atoms with Crippen LogP contribution in [0.15, 0.2) is 54.6 Å². The lowest BCUT2D eigenvalue weighted by Crippen LogP contribution is -2.13. The van der Waals surface area contributed by atoms with E-state index in [4.69, 9.17) is 5.73 Å². The molecule has 0 aliphatic heterocycles. The molecule has 20 heavy (non-hydrogen) atoms. The van der Waals surface area contributed by atoms with Crippen LogP contribution >= 0.6 is 0 Å². The van der Waals surface area contributed by atoms with Crippen molar-refractivity contribution in [3.63, 3.8) is 0 Å². The standard InChI is InChI=1S/C19H23N/c1-2-6-14-9-11-16(12-10-14)19(20)18-13-17(18)15-7-4-3-5-8-15/h3-5,7-12,17-19H,2,6,13,20H2,1H3. The molecule has 2 aromatic rings. The summed E-state index contributed by atoms with van der Waals surface area (Å²) in [6.07, 6.45) is 3.58. The van der Waals surface area contributed by atoms with Crippen molar-refractivity contribution in [2.45, 2.75) is 38.1 Å². The highest BCUT2D eigenvalue weighted by Gasteiger charge is 2.42. The number of aryl methyl sites for hydroxylation is 1. The lowest BCUT2D eigenvalue weighted by Gasteiger charge is -2.13. The Morgan fingerprint density at radius 3 is 2.40 bits per heavy atom. The van der Waals surface area contributed by atoms with E-state index in [0.29, 0.717) is 11.8 Å². The van der Waals surface area contributed by atoms with Crippen molar-refractivity contribution in [2.75, 3.05) is 0 Å². The van der Waals surface area contributed by atoms with Crippen molar-refractivity contribution >= 4 is 0 Å². The summed E-state index contributed by atoms with van der Waals surface area (Å²) in [6.45, 7) is 2.22. The molecule has 0 amide bonds. The van der Waals surface area contributed by atoms with E-state index in [2.05, 4.69) is 61.5 Å². The Balaban J connectivity index is 1.67. The van der Waals surface area contributed by atoms with Crippen molar-refractivity contribution < 1.29 is 0 Å². The monoisotopic (exact) mass is 265 g/mol. The van der Waals surface area contributed by atoms with Crippen LogP contribution in [0.5, 0.6) is 0 Å². The molecule has 1 saturated carbocycles. The topological polar surface area (TPSA) is 26.0 Å². The van der Waals surface area contributed by atoms with Gasteiger partial charge in [-0.15, -0.1) is 0 Å². The van der Waals surface area contributed by atoms with Gasteiger partial charge >= 0.3 is 0 Å². The fourth-order valence-corrected chi connectivity index (χ4v) is 3.14. The summed E-state index contributed by atoms with van der Waals surface area (Å²) in [7, 11) is 0. The van der Waals surface area contributed by atoms with Crippen LogP contribution in [0.4, 0.5) is 0 Å². The first-order valence-electron chi connectivity index (χ1n) is 7.69. The molecule has 1 aliphatic rings. The SMILES string of the molecule is CCCc1ccc(C(N)C2CC2c2ccccc2)cc1. The van der Waals surface area contributed by atoms with E-state index in [1.54, 1.807) is 0 Å².